The minimum atomic E-state index is -2.49. The molecule has 0 amide bonds. The molecule has 66 valence electrons. The molecule has 0 saturated carbocycles. The summed E-state index contributed by atoms with van der Waals surface area (Å²) in [4.78, 5) is 0. The van der Waals surface area contributed by atoms with Gasteiger partial charge in [-0.1, -0.05) is 0 Å². The van der Waals surface area contributed by atoms with Gasteiger partial charge in [-0.15, -0.1) is 0 Å². The summed E-state index contributed by atoms with van der Waals surface area (Å²) >= 11 is 0. The Morgan fingerprint density at radius 3 is 2.25 bits per heavy atom. The summed E-state index contributed by atoms with van der Waals surface area (Å²) in [5, 5.41) is 18.7. The van der Waals surface area contributed by atoms with Crippen LogP contribution in [0.1, 0.15) is 0 Å². The van der Waals surface area contributed by atoms with Crippen LogP contribution >= 0.6 is 7.14 Å². The van der Waals surface area contributed by atoms with Crippen molar-refractivity contribution in [3.05, 3.63) is 18.2 Å². The third-order valence-electron chi connectivity index (χ3n) is 1.54. The summed E-state index contributed by atoms with van der Waals surface area (Å²) in [5.74, 6) is -0.00661. The van der Waals surface area contributed by atoms with Crippen LogP contribution in [-0.4, -0.2) is 23.5 Å². The monoisotopic (exact) mass is 186 g/mol. The fourth-order valence-corrected chi connectivity index (χ4v) is 2.01. The molecule has 0 unspecified atom stereocenters. The Morgan fingerprint density at radius 1 is 1.25 bits per heavy atom. The van der Waals surface area contributed by atoms with E-state index >= 15 is 0 Å². The van der Waals surface area contributed by atoms with Gasteiger partial charge in [0.2, 0.25) is 0 Å². The topological polar surface area (TPSA) is 57.5 Å². The minimum Gasteiger partial charge on any atom is -0.508 e. The van der Waals surface area contributed by atoms with Gasteiger partial charge in [0, 0.05) is 0 Å². The number of aromatic hydroxyl groups is 2. The van der Waals surface area contributed by atoms with Crippen LogP contribution in [0.25, 0.3) is 0 Å². The van der Waals surface area contributed by atoms with Crippen LogP contribution in [0.15, 0.2) is 18.2 Å². The highest BCUT2D eigenvalue weighted by molar-refractivity contribution is 7.70. The summed E-state index contributed by atoms with van der Waals surface area (Å²) in [6.07, 6.45) is 0. The average Bonchev–Trinajstić information content (AvgIpc) is 1.92. The van der Waals surface area contributed by atoms with Crippen LogP contribution in [0.3, 0.4) is 0 Å². The van der Waals surface area contributed by atoms with E-state index < -0.39 is 7.14 Å². The van der Waals surface area contributed by atoms with Crippen molar-refractivity contribution >= 4 is 12.4 Å². The van der Waals surface area contributed by atoms with Gasteiger partial charge in [-0.3, -0.25) is 0 Å². The smallest absolute Gasteiger partial charge is 0.126 e. The van der Waals surface area contributed by atoms with Gasteiger partial charge in [0.25, 0.3) is 0 Å². The molecule has 1 aromatic rings. The van der Waals surface area contributed by atoms with E-state index in [9.17, 15) is 9.67 Å². The average molecular weight is 186 g/mol. The van der Waals surface area contributed by atoms with Crippen molar-refractivity contribution in [2.75, 3.05) is 13.3 Å². The maximum Gasteiger partial charge on any atom is 0.126 e. The molecule has 0 fully saturated rings. The van der Waals surface area contributed by atoms with E-state index in [0.29, 0.717) is 5.30 Å². The fourth-order valence-electron chi connectivity index (χ4n) is 0.943. The van der Waals surface area contributed by atoms with E-state index in [4.69, 9.17) is 5.11 Å². The van der Waals surface area contributed by atoms with Crippen LogP contribution in [-0.2, 0) is 4.57 Å². The van der Waals surface area contributed by atoms with Crippen LogP contribution in [0.5, 0.6) is 11.5 Å². The molecule has 0 radical (unpaired) electrons. The van der Waals surface area contributed by atoms with Crippen molar-refractivity contribution in [3.8, 4) is 11.5 Å². The SMILES string of the molecule is CP(C)(=O)c1cc(O)ccc1O. The van der Waals surface area contributed by atoms with Gasteiger partial charge < -0.3 is 14.8 Å². The first-order valence-corrected chi connectivity index (χ1v) is 6.09. The quantitative estimate of drug-likeness (QED) is 0.514. The summed E-state index contributed by atoms with van der Waals surface area (Å²) in [7, 11) is -2.49. The first kappa shape index (κ1) is 9.14. The standard InChI is InChI=1S/C8H11O3P/c1-12(2,11)8-5-6(9)3-4-7(8)10/h3-5,9-10H,1-2H3. The Balaban J connectivity index is 3.33. The summed E-state index contributed by atoms with van der Waals surface area (Å²) in [6.45, 7) is 3.09. The lowest BCUT2D eigenvalue weighted by Crippen LogP contribution is -2.02. The highest BCUT2D eigenvalue weighted by Crippen LogP contribution is 2.39. The van der Waals surface area contributed by atoms with Crippen LogP contribution in [0, 0.1) is 0 Å². The molecule has 0 atom stereocenters. The molecule has 0 spiro atoms. The lowest BCUT2D eigenvalue weighted by molar-refractivity contribution is 0.463. The van der Waals surface area contributed by atoms with Crippen molar-refractivity contribution in [2.24, 2.45) is 0 Å². The molecular weight excluding hydrogens is 175 g/mol. The van der Waals surface area contributed by atoms with Gasteiger partial charge in [-0.2, -0.15) is 0 Å². The molecule has 3 nitrogen and oxygen atoms in total. The lowest BCUT2D eigenvalue weighted by atomic mass is 10.3. The predicted molar refractivity (Wildman–Crippen MR) is 48.9 cm³/mol. The third kappa shape index (κ3) is 1.80. The number of benzene rings is 1. The van der Waals surface area contributed by atoms with Gasteiger partial charge in [-0.25, -0.2) is 0 Å². The van der Waals surface area contributed by atoms with E-state index in [0.717, 1.165) is 0 Å². The Labute approximate surface area is 71.0 Å². The Hall–Kier alpha value is -0.950. The van der Waals surface area contributed by atoms with Crippen molar-refractivity contribution in [3.63, 3.8) is 0 Å². The van der Waals surface area contributed by atoms with Crippen LogP contribution in [0.2, 0.25) is 0 Å². The number of hydrogen-bond acceptors (Lipinski definition) is 3. The normalized spacial score (nSPS) is 11.5. The molecular formula is C8H11O3P. The zero-order valence-corrected chi connectivity index (χ0v) is 7.88. The second kappa shape index (κ2) is 2.83. The predicted octanol–water partition coefficient (Wildman–Crippen LogP) is 1.35. The minimum absolute atomic E-state index is 0.0201. The molecule has 0 aromatic heterocycles. The van der Waals surface area contributed by atoms with E-state index in [1.807, 2.05) is 0 Å². The Bertz CT molecular complexity index is 340. The molecule has 4 heteroatoms. The van der Waals surface area contributed by atoms with E-state index in [2.05, 4.69) is 0 Å². The number of phenols is 2. The molecule has 0 saturated heterocycles. The van der Waals surface area contributed by atoms with Gasteiger partial charge >= 0.3 is 0 Å². The zero-order valence-electron chi connectivity index (χ0n) is 6.98. The molecule has 0 bridgehead atoms. The maximum absolute atomic E-state index is 11.5. The Kier molecular flexibility index (Phi) is 2.16. The summed E-state index contributed by atoms with van der Waals surface area (Å²) < 4.78 is 11.5. The van der Waals surface area contributed by atoms with E-state index in [1.165, 1.54) is 18.2 Å². The first-order chi connectivity index (χ1) is 5.41. The number of phenolic OH excluding ortho intramolecular Hbond substituents is 2. The second-order valence-electron chi connectivity index (χ2n) is 3.02. The van der Waals surface area contributed by atoms with Crippen LogP contribution in [0.4, 0.5) is 0 Å². The van der Waals surface area contributed by atoms with E-state index in [1.54, 1.807) is 13.3 Å². The molecule has 1 aromatic carbocycles. The molecule has 0 aliphatic rings. The molecule has 12 heavy (non-hydrogen) atoms. The second-order valence-corrected chi connectivity index (χ2v) is 6.21. The zero-order chi connectivity index (χ0) is 9.35. The molecule has 0 heterocycles. The van der Waals surface area contributed by atoms with Crippen molar-refractivity contribution in [1.82, 2.24) is 0 Å². The fraction of sp³-hybridized carbons (Fsp3) is 0.250. The molecule has 2 N–H and O–H groups in total. The molecule has 0 aliphatic carbocycles. The Morgan fingerprint density at radius 2 is 1.83 bits per heavy atom. The lowest BCUT2D eigenvalue weighted by Gasteiger charge is -2.08. The number of hydrogen-bond donors (Lipinski definition) is 2. The van der Waals surface area contributed by atoms with Crippen LogP contribution < -0.4 is 5.30 Å². The highest BCUT2D eigenvalue weighted by Gasteiger charge is 2.15. The number of rotatable bonds is 1. The van der Waals surface area contributed by atoms with Crippen molar-refractivity contribution < 1.29 is 14.8 Å². The first-order valence-electron chi connectivity index (χ1n) is 3.49. The van der Waals surface area contributed by atoms with Crippen molar-refractivity contribution in [2.45, 2.75) is 0 Å². The molecule has 0 aliphatic heterocycles. The summed E-state index contributed by atoms with van der Waals surface area (Å²) in [6, 6.07) is 4.02. The van der Waals surface area contributed by atoms with Gasteiger partial charge in [0.15, 0.2) is 0 Å². The van der Waals surface area contributed by atoms with Gasteiger partial charge in [-0.05, 0) is 31.5 Å². The van der Waals surface area contributed by atoms with Gasteiger partial charge in [0.05, 0.1) is 5.30 Å². The maximum atomic E-state index is 11.5. The third-order valence-corrected chi connectivity index (χ3v) is 3.06. The highest BCUT2D eigenvalue weighted by atomic mass is 31.2. The van der Waals surface area contributed by atoms with Gasteiger partial charge in [0.1, 0.15) is 18.6 Å². The largest absolute Gasteiger partial charge is 0.508 e. The van der Waals surface area contributed by atoms with Crippen molar-refractivity contribution in [1.29, 1.82) is 0 Å². The van der Waals surface area contributed by atoms with E-state index in [-0.39, 0.29) is 11.5 Å². The molecule has 1 rings (SSSR count). The summed E-state index contributed by atoms with van der Waals surface area (Å²) in [5.41, 5.74) is 0.